The van der Waals surface area contributed by atoms with Crippen LogP contribution in [0.5, 0.6) is 0 Å². The van der Waals surface area contributed by atoms with Crippen LogP contribution < -0.4 is 10.6 Å². The van der Waals surface area contributed by atoms with Gasteiger partial charge >= 0.3 is 6.09 Å². The number of amides is 5. The molecule has 0 aliphatic carbocycles. The number of hydrogen-bond acceptors (Lipinski definition) is 6. The predicted molar refractivity (Wildman–Crippen MR) is 115 cm³/mol. The monoisotopic (exact) mass is 444 g/mol. The molecule has 10 heteroatoms. The van der Waals surface area contributed by atoms with E-state index in [4.69, 9.17) is 0 Å². The van der Waals surface area contributed by atoms with Crippen molar-refractivity contribution >= 4 is 35.4 Å². The van der Waals surface area contributed by atoms with E-state index in [-0.39, 0.29) is 24.0 Å². The number of carbonyl (C=O) groups is 5. The number of anilines is 1. The molecule has 172 valence electrons. The molecule has 0 bridgehead atoms. The van der Waals surface area contributed by atoms with Crippen molar-refractivity contribution < 1.29 is 29.1 Å². The summed E-state index contributed by atoms with van der Waals surface area (Å²) < 4.78 is 0. The summed E-state index contributed by atoms with van der Waals surface area (Å²) in [5, 5.41) is 14.7. The molecule has 3 rings (SSSR count). The van der Waals surface area contributed by atoms with Crippen LogP contribution in [0.1, 0.15) is 67.2 Å². The van der Waals surface area contributed by atoms with E-state index in [1.807, 2.05) is 20.8 Å². The molecule has 2 heterocycles. The van der Waals surface area contributed by atoms with Crippen molar-refractivity contribution in [3.63, 3.8) is 0 Å². The average molecular weight is 444 g/mol. The van der Waals surface area contributed by atoms with Crippen molar-refractivity contribution in [2.24, 2.45) is 0 Å². The number of nitrogens with one attached hydrogen (secondary N) is 2. The zero-order valence-electron chi connectivity index (χ0n) is 18.4. The van der Waals surface area contributed by atoms with Gasteiger partial charge in [0.25, 0.3) is 11.8 Å². The van der Waals surface area contributed by atoms with Gasteiger partial charge in [0.1, 0.15) is 6.04 Å². The number of carboxylic acid groups (broad SMARTS) is 1. The summed E-state index contributed by atoms with van der Waals surface area (Å²) in [4.78, 5) is 63.2. The Kier molecular flexibility index (Phi) is 6.52. The van der Waals surface area contributed by atoms with Gasteiger partial charge in [-0.25, -0.2) is 4.79 Å². The molecule has 0 radical (unpaired) electrons. The van der Waals surface area contributed by atoms with E-state index in [0.29, 0.717) is 31.6 Å². The minimum atomic E-state index is -1.01. The molecule has 0 aromatic heterocycles. The van der Waals surface area contributed by atoms with Crippen LogP contribution in [0, 0.1) is 0 Å². The molecular formula is C22H28N4O6. The quantitative estimate of drug-likeness (QED) is 0.432. The van der Waals surface area contributed by atoms with Crippen molar-refractivity contribution in [1.29, 1.82) is 0 Å². The summed E-state index contributed by atoms with van der Waals surface area (Å²) in [6.07, 6.45) is 0.483. The maximum atomic E-state index is 13.0. The number of benzene rings is 1. The Morgan fingerprint density at radius 1 is 1.19 bits per heavy atom. The van der Waals surface area contributed by atoms with Gasteiger partial charge in [-0.15, -0.1) is 0 Å². The van der Waals surface area contributed by atoms with Crippen LogP contribution in [-0.2, 0) is 9.59 Å². The number of piperidine rings is 1. The maximum absolute atomic E-state index is 13.0. The number of hydrogen-bond donors (Lipinski definition) is 3. The third kappa shape index (κ3) is 4.58. The first-order chi connectivity index (χ1) is 15.0. The molecule has 10 nitrogen and oxygen atoms in total. The average Bonchev–Trinajstić information content (AvgIpc) is 2.95. The van der Waals surface area contributed by atoms with Gasteiger partial charge in [-0.1, -0.05) is 6.07 Å². The molecule has 1 aromatic carbocycles. The largest absolute Gasteiger partial charge is 0.465 e. The Bertz CT molecular complexity index is 968. The highest BCUT2D eigenvalue weighted by atomic mass is 16.4. The standard InChI is InChI=1S/C22H28N4O6/c1-22(2,3)25(21(31)32)12-5-4-11-23-14-8-6-7-13-17(14)20(30)26(19(13)29)15-9-10-16(27)24-18(15)28/h6-8,15,23H,4-5,9-12H2,1-3H3,(H,31,32)(H,24,27,28). The molecule has 1 aromatic rings. The van der Waals surface area contributed by atoms with E-state index < -0.39 is 41.3 Å². The third-order valence-corrected chi connectivity index (χ3v) is 5.63. The first-order valence-corrected chi connectivity index (χ1v) is 10.6. The summed E-state index contributed by atoms with van der Waals surface area (Å²) >= 11 is 0. The van der Waals surface area contributed by atoms with Crippen LogP contribution >= 0.6 is 0 Å². The lowest BCUT2D eigenvalue weighted by atomic mass is 10.0. The lowest BCUT2D eigenvalue weighted by molar-refractivity contribution is -0.136. The molecule has 1 fully saturated rings. The van der Waals surface area contributed by atoms with E-state index >= 15 is 0 Å². The first-order valence-electron chi connectivity index (χ1n) is 10.6. The Morgan fingerprint density at radius 2 is 1.91 bits per heavy atom. The molecule has 2 aliphatic heterocycles. The van der Waals surface area contributed by atoms with Crippen LogP contribution in [0.4, 0.5) is 10.5 Å². The van der Waals surface area contributed by atoms with E-state index in [1.54, 1.807) is 18.2 Å². The van der Waals surface area contributed by atoms with E-state index in [1.165, 1.54) is 4.90 Å². The normalized spacial score (nSPS) is 18.5. The minimum absolute atomic E-state index is 0.0663. The highest BCUT2D eigenvalue weighted by Crippen LogP contribution is 2.32. The predicted octanol–water partition coefficient (Wildman–Crippen LogP) is 2.06. The Morgan fingerprint density at radius 3 is 2.53 bits per heavy atom. The second-order valence-electron chi connectivity index (χ2n) is 8.91. The van der Waals surface area contributed by atoms with Crippen LogP contribution in [-0.4, -0.2) is 69.3 Å². The third-order valence-electron chi connectivity index (χ3n) is 5.63. The molecule has 2 aliphatic rings. The van der Waals surface area contributed by atoms with Crippen LogP contribution in [0.2, 0.25) is 0 Å². The topological polar surface area (TPSA) is 136 Å². The van der Waals surface area contributed by atoms with Gasteiger partial charge in [-0.05, 0) is 52.2 Å². The number of fused-ring (bicyclic) bond motifs is 1. The Labute approximate surface area is 185 Å². The van der Waals surface area contributed by atoms with Gasteiger partial charge in [-0.2, -0.15) is 0 Å². The number of carbonyl (C=O) groups excluding carboxylic acids is 4. The van der Waals surface area contributed by atoms with E-state index in [0.717, 1.165) is 4.90 Å². The Hall–Kier alpha value is -3.43. The zero-order chi connectivity index (χ0) is 23.6. The highest BCUT2D eigenvalue weighted by molar-refractivity contribution is 6.25. The van der Waals surface area contributed by atoms with E-state index in [9.17, 15) is 29.1 Å². The summed E-state index contributed by atoms with van der Waals surface area (Å²) in [5.74, 6) is -2.18. The molecule has 5 amide bonds. The molecule has 0 saturated carbocycles. The lowest BCUT2D eigenvalue weighted by Gasteiger charge is -2.33. The smallest absolute Gasteiger partial charge is 0.407 e. The first kappa shape index (κ1) is 23.2. The van der Waals surface area contributed by atoms with Crippen molar-refractivity contribution in [1.82, 2.24) is 15.1 Å². The number of nitrogens with zero attached hydrogens (tertiary/aromatic N) is 2. The van der Waals surface area contributed by atoms with Gasteiger partial charge < -0.3 is 15.3 Å². The minimum Gasteiger partial charge on any atom is -0.465 e. The number of imide groups is 2. The van der Waals surface area contributed by atoms with Crippen molar-refractivity contribution in [2.75, 3.05) is 18.4 Å². The Balaban J connectivity index is 1.64. The molecule has 1 atom stereocenters. The zero-order valence-corrected chi connectivity index (χ0v) is 18.4. The summed E-state index contributed by atoms with van der Waals surface area (Å²) in [6, 6.07) is 3.89. The van der Waals surface area contributed by atoms with Gasteiger partial charge in [-0.3, -0.25) is 29.4 Å². The maximum Gasteiger partial charge on any atom is 0.407 e. The van der Waals surface area contributed by atoms with E-state index in [2.05, 4.69) is 10.6 Å². The fraction of sp³-hybridized carbons (Fsp3) is 0.500. The molecule has 1 saturated heterocycles. The highest BCUT2D eigenvalue weighted by Gasteiger charge is 2.45. The van der Waals surface area contributed by atoms with Gasteiger partial charge in [0.15, 0.2) is 0 Å². The number of rotatable bonds is 7. The van der Waals surface area contributed by atoms with Gasteiger partial charge in [0, 0.05) is 30.7 Å². The second-order valence-corrected chi connectivity index (χ2v) is 8.91. The number of unbranched alkanes of at least 4 members (excludes halogenated alkanes) is 1. The van der Waals surface area contributed by atoms with Crippen LogP contribution in [0.25, 0.3) is 0 Å². The van der Waals surface area contributed by atoms with Gasteiger partial charge in [0.2, 0.25) is 11.8 Å². The molecule has 32 heavy (non-hydrogen) atoms. The van der Waals surface area contributed by atoms with Crippen LogP contribution in [0.3, 0.4) is 0 Å². The fourth-order valence-electron chi connectivity index (χ4n) is 4.00. The summed E-state index contributed by atoms with van der Waals surface area (Å²) in [5.41, 5.74) is 0.422. The molecule has 0 spiro atoms. The second kappa shape index (κ2) is 8.97. The van der Waals surface area contributed by atoms with Gasteiger partial charge in [0.05, 0.1) is 11.1 Å². The SMILES string of the molecule is CC(C)(C)N(CCCCNc1cccc2c1C(=O)N(C1CCC(=O)NC1=O)C2=O)C(=O)O. The van der Waals surface area contributed by atoms with Crippen LogP contribution in [0.15, 0.2) is 18.2 Å². The fourth-order valence-corrected chi connectivity index (χ4v) is 4.00. The van der Waals surface area contributed by atoms with Crippen molar-refractivity contribution in [2.45, 2.75) is 58.0 Å². The summed E-state index contributed by atoms with van der Waals surface area (Å²) in [7, 11) is 0. The lowest BCUT2D eigenvalue weighted by Crippen LogP contribution is -2.54. The summed E-state index contributed by atoms with van der Waals surface area (Å²) in [6.45, 7) is 6.37. The molecule has 3 N–H and O–H groups in total. The van der Waals surface area contributed by atoms with Crippen molar-refractivity contribution in [3.8, 4) is 0 Å². The molecule has 1 unspecified atom stereocenters. The molecular weight excluding hydrogens is 416 g/mol. The van der Waals surface area contributed by atoms with Crippen molar-refractivity contribution in [3.05, 3.63) is 29.3 Å².